The van der Waals surface area contributed by atoms with Crippen LogP contribution in [0.2, 0.25) is 0 Å². The van der Waals surface area contributed by atoms with Gasteiger partial charge in [0.1, 0.15) is 5.82 Å². The molecule has 0 bridgehead atoms. The van der Waals surface area contributed by atoms with Crippen molar-refractivity contribution in [2.24, 2.45) is 0 Å². The van der Waals surface area contributed by atoms with Gasteiger partial charge in [-0.3, -0.25) is 4.79 Å². The summed E-state index contributed by atoms with van der Waals surface area (Å²) in [6, 6.07) is 11.7. The van der Waals surface area contributed by atoms with Crippen LogP contribution in [0.25, 0.3) is 32.9 Å². The van der Waals surface area contributed by atoms with E-state index >= 15 is 0 Å². The number of aryl methyl sites for hydroxylation is 1. The normalized spacial score (nSPS) is 11.2. The van der Waals surface area contributed by atoms with E-state index in [0.29, 0.717) is 17.8 Å². The topological polar surface area (TPSA) is 131 Å². The number of hydrogen-bond donors (Lipinski definition) is 4. The quantitative estimate of drug-likeness (QED) is 0.449. The number of nitrogens with one attached hydrogen (secondary N) is 1. The number of carbonyl (C=O) groups is 1. The number of nitrogens with zero attached hydrogens (tertiary/aromatic N) is 2. The highest BCUT2D eigenvalue weighted by atomic mass is 16.4. The molecule has 2 aromatic carbocycles. The van der Waals surface area contributed by atoms with Gasteiger partial charge in [-0.2, -0.15) is 4.98 Å². The van der Waals surface area contributed by atoms with E-state index < -0.39 is 5.97 Å². The molecule has 26 heavy (non-hydrogen) atoms. The summed E-state index contributed by atoms with van der Waals surface area (Å²) < 4.78 is 0. The third-order valence-electron chi connectivity index (χ3n) is 4.41. The predicted octanol–water partition coefficient (Wildman–Crippen LogP) is 2.96. The summed E-state index contributed by atoms with van der Waals surface area (Å²) in [6.07, 6.45) is 2.42. The van der Waals surface area contributed by atoms with Crippen LogP contribution in [0.15, 0.2) is 42.6 Å². The maximum absolute atomic E-state index is 10.8. The average Bonchev–Trinajstić information content (AvgIpc) is 3.08. The summed E-state index contributed by atoms with van der Waals surface area (Å²) in [5.74, 6) is -0.333. The zero-order valence-corrected chi connectivity index (χ0v) is 13.9. The molecule has 0 fully saturated rings. The van der Waals surface area contributed by atoms with Crippen LogP contribution in [0.5, 0.6) is 0 Å². The van der Waals surface area contributed by atoms with Crippen molar-refractivity contribution in [3.8, 4) is 11.1 Å². The zero-order chi connectivity index (χ0) is 18.3. The Morgan fingerprint density at radius 1 is 1.15 bits per heavy atom. The molecule has 4 aromatic rings. The number of carboxylic acid groups (broad SMARTS) is 1. The molecule has 4 rings (SSSR count). The molecule has 0 unspecified atom stereocenters. The number of anilines is 2. The Kier molecular flexibility index (Phi) is 3.69. The lowest BCUT2D eigenvalue weighted by molar-refractivity contribution is -0.136. The van der Waals surface area contributed by atoms with E-state index in [1.54, 1.807) is 0 Å². The van der Waals surface area contributed by atoms with Gasteiger partial charge in [0.15, 0.2) is 0 Å². The molecule has 130 valence electrons. The van der Waals surface area contributed by atoms with Gasteiger partial charge in [0.05, 0.1) is 16.4 Å². The fourth-order valence-electron chi connectivity index (χ4n) is 3.28. The molecular formula is C19H17N5O2. The summed E-state index contributed by atoms with van der Waals surface area (Å²) in [5.41, 5.74) is 16.3. The smallest absolute Gasteiger partial charge is 0.303 e. The summed E-state index contributed by atoms with van der Waals surface area (Å²) in [5, 5.41) is 10.6. The highest BCUT2D eigenvalue weighted by Crippen LogP contribution is 2.36. The van der Waals surface area contributed by atoms with Gasteiger partial charge in [-0.15, -0.1) is 0 Å². The van der Waals surface area contributed by atoms with E-state index in [-0.39, 0.29) is 12.4 Å². The number of benzene rings is 2. The fourth-order valence-corrected chi connectivity index (χ4v) is 3.28. The lowest BCUT2D eigenvalue weighted by Crippen LogP contribution is -2.01. The molecule has 0 aliphatic heterocycles. The summed E-state index contributed by atoms with van der Waals surface area (Å²) >= 11 is 0. The summed E-state index contributed by atoms with van der Waals surface area (Å²) in [4.78, 5) is 22.5. The number of aromatic nitrogens is 3. The van der Waals surface area contributed by atoms with Crippen molar-refractivity contribution in [1.82, 2.24) is 15.0 Å². The maximum atomic E-state index is 10.8. The molecule has 0 saturated carbocycles. The molecule has 0 aliphatic rings. The van der Waals surface area contributed by atoms with Crippen molar-refractivity contribution in [2.45, 2.75) is 12.8 Å². The second-order valence-corrected chi connectivity index (χ2v) is 6.15. The highest BCUT2D eigenvalue weighted by Gasteiger charge is 2.14. The summed E-state index contributed by atoms with van der Waals surface area (Å²) in [6.45, 7) is 0. The SMILES string of the molecule is Nc1nc(N)c2c(cc(-c3cccc(CCC(=O)O)c3)c3[nH]ccc32)n1. The van der Waals surface area contributed by atoms with Crippen LogP contribution in [0.1, 0.15) is 12.0 Å². The molecule has 0 aliphatic carbocycles. The van der Waals surface area contributed by atoms with Crippen LogP contribution in [0, 0.1) is 0 Å². The van der Waals surface area contributed by atoms with Gasteiger partial charge in [0.25, 0.3) is 0 Å². The molecule has 7 heteroatoms. The molecule has 0 atom stereocenters. The minimum Gasteiger partial charge on any atom is -0.481 e. The average molecular weight is 347 g/mol. The van der Waals surface area contributed by atoms with Crippen molar-refractivity contribution < 1.29 is 9.90 Å². The number of carboxylic acids is 1. The number of nitrogens with two attached hydrogens (primary N) is 2. The Morgan fingerprint density at radius 3 is 2.81 bits per heavy atom. The second-order valence-electron chi connectivity index (χ2n) is 6.15. The Morgan fingerprint density at radius 2 is 2.00 bits per heavy atom. The summed E-state index contributed by atoms with van der Waals surface area (Å²) in [7, 11) is 0. The Hall–Kier alpha value is -3.61. The van der Waals surface area contributed by atoms with Crippen LogP contribution in [-0.4, -0.2) is 26.0 Å². The van der Waals surface area contributed by atoms with Crippen LogP contribution in [-0.2, 0) is 11.2 Å². The number of H-pyrrole nitrogens is 1. The van der Waals surface area contributed by atoms with Crippen LogP contribution >= 0.6 is 0 Å². The minimum absolute atomic E-state index is 0.0966. The first-order chi connectivity index (χ1) is 12.5. The Labute approximate surface area is 148 Å². The third-order valence-corrected chi connectivity index (χ3v) is 4.41. The van der Waals surface area contributed by atoms with E-state index in [1.165, 1.54) is 0 Å². The predicted molar refractivity (Wildman–Crippen MR) is 102 cm³/mol. The zero-order valence-electron chi connectivity index (χ0n) is 13.9. The number of aromatic amines is 1. The van der Waals surface area contributed by atoms with Gasteiger partial charge in [-0.25, -0.2) is 4.98 Å². The molecule has 2 aromatic heterocycles. The molecule has 0 amide bonds. The van der Waals surface area contributed by atoms with Crippen molar-refractivity contribution >= 4 is 39.5 Å². The lowest BCUT2D eigenvalue weighted by atomic mass is 9.97. The van der Waals surface area contributed by atoms with Gasteiger partial charge < -0.3 is 21.6 Å². The van der Waals surface area contributed by atoms with E-state index in [2.05, 4.69) is 15.0 Å². The largest absolute Gasteiger partial charge is 0.481 e. The molecular weight excluding hydrogens is 330 g/mol. The monoisotopic (exact) mass is 347 g/mol. The van der Waals surface area contributed by atoms with Crippen LogP contribution in [0.3, 0.4) is 0 Å². The molecule has 0 spiro atoms. The van der Waals surface area contributed by atoms with Crippen LogP contribution in [0.4, 0.5) is 11.8 Å². The van der Waals surface area contributed by atoms with Gasteiger partial charge in [0, 0.05) is 23.6 Å². The van der Waals surface area contributed by atoms with Crippen LogP contribution < -0.4 is 11.5 Å². The number of nitrogen functional groups attached to an aromatic ring is 2. The first-order valence-corrected chi connectivity index (χ1v) is 8.17. The fraction of sp³-hybridized carbons (Fsp3) is 0.105. The van der Waals surface area contributed by atoms with Crippen molar-refractivity contribution in [1.29, 1.82) is 0 Å². The molecule has 0 saturated heterocycles. The molecule has 2 heterocycles. The minimum atomic E-state index is -0.810. The van der Waals surface area contributed by atoms with Crippen molar-refractivity contribution in [3.05, 3.63) is 48.2 Å². The standard InChI is InChI=1S/C19H17N5O2/c20-18-16-12-6-7-22-17(12)13(9-14(16)23-19(21)24-18)11-3-1-2-10(8-11)4-5-15(25)26/h1-3,6-9,22H,4-5H2,(H,25,26)(H4,20,21,23,24). The second kappa shape index (κ2) is 6.03. The first kappa shape index (κ1) is 15.9. The van der Waals surface area contributed by atoms with Crippen molar-refractivity contribution in [3.63, 3.8) is 0 Å². The van der Waals surface area contributed by atoms with E-state index in [0.717, 1.165) is 33.0 Å². The number of rotatable bonds is 4. The van der Waals surface area contributed by atoms with Gasteiger partial charge in [-0.1, -0.05) is 24.3 Å². The maximum Gasteiger partial charge on any atom is 0.303 e. The number of aliphatic carboxylic acids is 1. The van der Waals surface area contributed by atoms with Crippen molar-refractivity contribution in [2.75, 3.05) is 11.5 Å². The third kappa shape index (κ3) is 2.69. The highest BCUT2D eigenvalue weighted by molar-refractivity contribution is 6.15. The van der Waals surface area contributed by atoms with Gasteiger partial charge >= 0.3 is 5.97 Å². The Bertz CT molecular complexity index is 1150. The molecule has 6 N–H and O–H groups in total. The number of hydrogen-bond acceptors (Lipinski definition) is 5. The van der Waals surface area contributed by atoms with E-state index in [1.807, 2.05) is 42.6 Å². The number of fused-ring (bicyclic) bond motifs is 3. The van der Waals surface area contributed by atoms with E-state index in [4.69, 9.17) is 16.6 Å². The lowest BCUT2D eigenvalue weighted by Gasteiger charge is -2.10. The molecule has 7 nitrogen and oxygen atoms in total. The Balaban J connectivity index is 1.92. The first-order valence-electron chi connectivity index (χ1n) is 8.17. The van der Waals surface area contributed by atoms with Gasteiger partial charge in [-0.05, 0) is 29.7 Å². The van der Waals surface area contributed by atoms with Gasteiger partial charge in [0.2, 0.25) is 5.95 Å². The van der Waals surface area contributed by atoms with E-state index in [9.17, 15) is 4.79 Å². The molecule has 0 radical (unpaired) electrons.